The third-order valence-corrected chi connectivity index (χ3v) is 3.41. The van der Waals surface area contributed by atoms with Crippen LogP contribution in [0, 0.1) is 0 Å². The summed E-state index contributed by atoms with van der Waals surface area (Å²) in [6.45, 7) is 1.51. The molecule has 4 heteroatoms. The Morgan fingerprint density at radius 3 is 2.67 bits per heavy atom. The van der Waals surface area contributed by atoms with Gasteiger partial charge in [0.25, 0.3) is 5.91 Å². The van der Waals surface area contributed by atoms with Crippen LogP contribution in [0.5, 0.6) is 0 Å². The minimum Gasteiger partial charge on any atom is -0.360 e. The number of amides is 1. The third kappa shape index (κ3) is 1.70. The summed E-state index contributed by atoms with van der Waals surface area (Å²) in [5, 5.41) is 0.572. The van der Waals surface area contributed by atoms with Gasteiger partial charge in [0.15, 0.2) is 0 Å². The number of likely N-dealkylation sites (tertiary alicyclic amines) is 1. The molecule has 2 heterocycles. The second-order valence-electron chi connectivity index (χ2n) is 4.58. The lowest BCUT2D eigenvalue weighted by molar-refractivity contribution is 0.0791. The van der Waals surface area contributed by atoms with Gasteiger partial charge in [-0.3, -0.25) is 9.59 Å². The van der Waals surface area contributed by atoms with E-state index in [1.54, 1.807) is 11.0 Å². The molecule has 1 aromatic heterocycles. The zero-order valence-corrected chi connectivity index (χ0v) is 9.98. The molecule has 4 nitrogen and oxygen atoms in total. The Balaban J connectivity index is 2.09. The normalized spacial score (nSPS) is 15.2. The fourth-order valence-electron chi connectivity index (χ4n) is 2.42. The molecule has 1 N–H and O–H groups in total. The topological polar surface area (TPSA) is 53.2 Å². The number of nitrogens with zero attached hydrogens (tertiary/aromatic N) is 1. The lowest BCUT2D eigenvalue weighted by atomic mass is 10.1. The lowest BCUT2D eigenvalue weighted by Gasteiger charge is -2.14. The number of carbonyl (C=O) groups is 1. The average molecular weight is 242 g/mol. The molecule has 1 amide bonds. The largest absolute Gasteiger partial charge is 0.360 e. The molecule has 0 atom stereocenters. The highest BCUT2D eigenvalue weighted by Gasteiger charge is 2.22. The number of nitrogens with one attached hydrogen (secondary N) is 1. The van der Waals surface area contributed by atoms with Crippen molar-refractivity contribution in [2.75, 3.05) is 13.1 Å². The van der Waals surface area contributed by atoms with Gasteiger partial charge in [-0.05, 0) is 25.0 Å². The fraction of sp³-hybridized carbons (Fsp3) is 0.286. The van der Waals surface area contributed by atoms with E-state index in [4.69, 9.17) is 0 Å². The first-order valence-corrected chi connectivity index (χ1v) is 6.17. The maximum Gasteiger partial charge on any atom is 0.259 e. The van der Waals surface area contributed by atoms with E-state index in [0.29, 0.717) is 5.39 Å². The number of pyridine rings is 1. The molecule has 0 unspecified atom stereocenters. The highest BCUT2D eigenvalue weighted by atomic mass is 16.2. The lowest BCUT2D eigenvalue weighted by Crippen LogP contribution is -2.31. The van der Waals surface area contributed by atoms with Crippen LogP contribution in [0.4, 0.5) is 0 Å². The van der Waals surface area contributed by atoms with E-state index in [9.17, 15) is 9.59 Å². The molecular formula is C14H14N2O2. The van der Waals surface area contributed by atoms with E-state index in [2.05, 4.69) is 4.98 Å². The van der Waals surface area contributed by atoms with Crippen molar-refractivity contribution in [1.82, 2.24) is 9.88 Å². The number of aromatic nitrogens is 1. The Bertz CT molecular complexity index is 654. The maximum atomic E-state index is 12.3. The highest BCUT2D eigenvalue weighted by Crippen LogP contribution is 2.12. The summed E-state index contributed by atoms with van der Waals surface area (Å²) >= 11 is 0. The van der Waals surface area contributed by atoms with Crippen LogP contribution in [0.3, 0.4) is 0 Å². The molecule has 92 valence electrons. The van der Waals surface area contributed by atoms with Crippen molar-refractivity contribution < 1.29 is 4.79 Å². The second-order valence-corrected chi connectivity index (χ2v) is 4.58. The van der Waals surface area contributed by atoms with Crippen molar-refractivity contribution in [3.05, 3.63) is 46.2 Å². The third-order valence-electron chi connectivity index (χ3n) is 3.41. The number of H-pyrrole nitrogens is 1. The van der Waals surface area contributed by atoms with Crippen molar-refractivity contribution in [2.24, 2.45) is 0 Å². The molecule has 0 saturated carbocycles. The Kier molecular flexibility index (Phi) is 2.63. The van der Waals surface area contributed by atoms with Crippen LogP contribution < -0.4 is 5.43 Å². The van der Waals surface area contributed by atoms with Gasteiger partial charge in [0.2, 0.25) is 5.43 Å². The first-order valence-electron chi connectivity index (χ1n) is 6.17. The molecule has 1 aliphatic rings. The SMILES string of the molecule is O=C(c1c[nH]c2ccccc2c1=O)N1CCCC1. The number of para-hydroxylation sites is 1. The van der Waals surface area contributed by atoms with Gasteiger partial charge in [-0.15, -0.1) is 0 Å². The van der Waals surface area contributed by atoms with Gasteiger partial charge in [-0.25, -0.2) is 0 Å². The van der Waals surface area contributed by atoms with E-state index in [0.717, 1.165) is 31.4 Å². The summed E-state index contributed by atoms with van der Waals surface area (Å²) in [5.74, 6) is -0.153. The zero-order chi connectivity index (χ0) is 12.5. The molecule has 0 radical (unpaired) electrons. The van der Waals surface area contributed by atoms with E-state index in [1.807, 2.05) is 18.2 Å². The summed E-state index contributed by atoms with van der Waals surface area (Å²) in [6, 6.07) is 7.25. The van der Waals surface area contributed by atoms with Crippen molar-refractivity contribution in [2.45, 2.75) is 12.8 Å². The van der Waals surface area contributed by atoms with Crippen LogP contribution in [-0.4, -0.2) is 28.9 Å². The van der Waals surface area contributed by atoms with Crippen molar-refractivity contribution in [3.8, 4) is 0 Å². The number of fused-ring (bicyclic) bond motifs is 1. The second kappa shape index (κ2) is 4.29. The van der Waals surface area contributed by atoms with Crippen LogP contribution >= 0.6 is 0 Å². The Hall–Kier alpha value is -2.10. The summed E-state index contributed by atoms with van der Waals surface area (Å²) < 4.78 is 0. The highest BCUT2D eigenvalue weighted by molar-refractivity contribution is 5.97. The molecule has 3 rings (SSSR count). The van der Waals surface area contributed by atoms with E-state index >= 15 is 0 Å². The molecule has 1 aromatic carbocycles. The van der Waals surface area contributed by atoms with Crippen LogP contribution in [-0.2, 0) is 0 Å². The number of hydrogen-bond acceptors (Lipinski definition) is 2. The standard InChI is InChI=1S/C14H14N2O2/c17-13-10-5-1-2-6-12(10)15-9-11(13)14(18)16-7-3-4-8-16/h1-2,5-6,9H,3-4,7-8H2,(H,15,17). The van der Waals surface area contributed by atoms with Crippen LogP contribution in [0.1, 0.15) is 23.2 Å². The first kappa shape index (κ1) is 11.0. The molecule has 18 heavy (non-hydrogen) atoms. The summed E-state index contributed by atoms with van der Waals surface area (Å²) in [5.41, 5.74) is 0.831. The summed E-state index contributed by atoms with van der Waals surface area (Å²) in [7, 11) is 0. The van der Waals surface area contributed by atoms with Crippen molar-refractivity contribution >= 4 is 16.8 Å². The minimum absolute atomic E-state index is 0.153. The first-order chi connectivity index (χ1) is 8.77. The number of hydrogen-bond donors (Lipinski definition) is 1. The van der Waals surface area contributed by atoms with Crippen molar-refractivity contribution in [1.29, 1.82) is 0 Å². The quantitative estimate of drug-likeness (QED) is 0.828. The molecule has 0 spiro atoms. The van der Waals surface area contributed by atoms with Crippen LogP contribution in [0.25, 0.3) is 10.9 Å². The van der Waals surface area contributed by atoms with Gasteiger partial charge in [0.05, 0.1) is 0 Å². The summed E-state index contributed by atoms with van der Waals surface area (Å²) in [6.07, 6.45) is 3.58. The smallest absolute Gasteiger partial charge is 0.259 e. The van der Waals surface area contributed by atoms with Gasteiger partial charge in [0, 0.05) is 30.2 Å². The molecule has 1 saturated heterocycles. The van der Waals surface area contributed by atoms with Crippen molar-refractivity contribution in [3.63, 3.8) is 0 Å². The number of benzene rings is 1. The zero-order valence-electron chi connectivity index (χ0n) is 9.98. The van der Waals surface area contributed by atoms with Gasteiger partial charge in [-0.2, -0.15) is 0 Å². The van der Waals surface area contributed by atoms with Gasteiger partial charge in [-0.1, -0.05) is 12.1 Å². The van der Waals surface area contributed by atoms with Crippen LogP contribution in [0.2, 0.25) is 0 Å². The Morgan fingerprint density at radius 2 is 1.89 bits per heavy atom. The predicted molar refractivity (Wildman–Crippen MR) is 69.7 cm³/mol. The van der Waals surface area contributed by atoms with Crippen LogP contribution in [0.15, 0.2) is 35.3 Å². The van der Waals surface area contributed by atoms with E-state index in [1.165, 1.54) is 6.20 Å². The minimum atomic E-state index is -0.179. The summed E-state index contributed by atoms with van der Waals surface area (Å²) in [4.78, 5) is 29.2. The Labute approximate surface area is 104 Å². The molecule has 0 bridgehead atoms. The molecule has 2 aromatic rings. The molecular weight excluding hydrogens is 228 g/mol. The number of aromatic amines is 1. The number of rotatable bonds is 1. The van der Waals surface area contributed by atoms with Gasteiger partial charge >= 0.3 is 0 Å². The van der Waals surface area contributed by atoms with E-state index in [-0.39, 0.29) is 16.9 Å². The number of carbonyl (C=O) groups excluding carboxylic acids is 1. The van der Waals surface area contributed by atoms with Gasteiger partial charge < -0.3 is 9.88 Å². The molecule has 0 aliphatic carbocycles. The fourth-order valence-corrected chi connectivity index (χ4v) is 2.42. The Morgan fingerprint density at radius 1 is 1.17 bits per heavy atom. The molecule has 1 fully saturated rings. The maximum absolute atomic E-state index is 12.3. The van der Waals surface area contributed by atoms with Gasteiger partial charge in [0.1, 0.15) is 5.56 Å². The predicted octanol–water partition coefficient (Wildman–Crippen LogP) is 1.76. The monoisotopic (exact) mass is 242 g/mol. The molecule has 1 aliphatic heterocycles. The van der Waals surface area contributed by atoms with E-state index < -0.39 is 0 Å². The average Bonchev–Trinajstić information content (AvgIpc) is 2.93.